The largest absolute Gasteiger partial charge is 0.394 e. The predicted octanol–water partition coefficient (Wildman–Crippen LogP) is -1.92. The van der Waals surface area contributed by atoms with Gasteiger partial charge in [0.2, 0.25) is 0 Å². The fourth-order valence-electron chi connectivity index (χ4n) is 1.27. The van der Waals surface area contributed by atoms with E-state index in [0.29, 0.717) is 13.2 Å². The van der Waals surface area contributed by atoms with Gasteiger partial charge in [-0.1, -0.05) is 0 Å². The number of rotatable bonds is 4. The minimum Gasteiger partial charge on any atom is -0.394 e. The minimum atomic E-state index is -0.751. The number of nitrogens with one attached hydrogen (secondary N) is 1. The highest BCUT2D eigenvalue weighted by molar-refractivity contribution is 4.90. The summed E-state index contributed by atoms with van der Waals surface area (Å²) in [6, 6.07) is -0.204. The third-order valence-electron chi connectivity index (χ3n) is 2.28. The van der Waals surface area contributed by atoms with Crippen LogP contribution < -0.4 is 5.32 Å². The van der Waals surface area contributed by atoms with E-state index in [1.807, 2.05) is 0 Å². The highest BCUT2D eigenvalue weighted by atomic mass is 16.5. The SMILES string of the molecule is CC(CO)(CO)NC1COCC1O. The van der Waals surface area contributed by atoms with Gasteiger partial charge in [-0.05, 0) is 6.92 Å². The van der Waals surface area contributed by atoms with Crippen LogP contribution in [0.3, 0.4) is 0 Å². The molecular formula is C8H17NO4. The molecule has 0 radical (unpaired) electrons. The van der Waals surface area contributed by atoms with Crippen LogP contribution in [0.5, 0.6) is 0 Å². The van der Waals surface area contributed by atoms with Crippen molar-refractivity contribution >= 4 is 0 Å². The van der Waals surface area contributed by atoms with Gasteiger partial charge in [-0.2, -0.15) is 0 Å². The first kappa shape index (κ1) is 10.9. The van der Waals surface area contributed by atoms with E-state index in [-0.39, 0.29) is 19.3 Å². The fraction of sp³-hybridized carbons (Fsp3) is 1.00. The first-order valence-corrected chi connectivity index (χ1v) is 4.36. The second-order valence-electron chi connectivity index (χ2n) is 3.73. The molecule has 13 heavy (non-hydrogen) atoms. The molecule has 78 valence electrons. The molecule has 1 heterocycles. The zero-order valence-corrected chi connectivity index (χ0v) is 7.73. The molecular weight excluding hydrogens is 174 g/mol. The van der Waals surface area contributed by atoms with Crippen LogP contribution in [-0.4, -0.2) is 59.4 Å². The molecule has 2 atom stereocenters. The molecule has 1 fully saturated rings. The van der Waals surface area contributed by atoms with Crippen molar-refractivity contribution < 1.29 is 20.1 Å². The molecule has 1 aliphatic rings. The van der Waals surface area contributed by atoms with Gasteiger partial charge in [0.25, 0.3) is 0 Å². The summed E-state index contributed by atoms with van der Waals surface area (Å²) in [5.41, 5.74) is -0.751. The van der Waals surface area contributed by atoms with Crippen LogP contribution >= 0.6 is 0 Å². The second-order valence-corrected chi connectivity index (χ2v) is 3.73. The highest BCUT2D eigenvalue weighted by Gasteiger charge is 2.33. The molecule has 2 unspecified atom stereocenters. The van der Waals surface area contributed by atoms with Crippen molar-refractivity contribution in [2.24, 2.45) is 0 Å². The van der Waals surface area contributed by atoms with Crippen molar-refractivity contribution in [2.75, 3.05) is 26.4 Å². The van der Waals surface area contributed by atoms with Crippen molar-refractivity contribution in [1.82, 2.24) is 5.32 Å². The average molecular weight is 191 g/mol. The fourth-order valence-corrected chi connectivity index (χ4v) is 1.27. The number of aliphatic hydroxyl groups excluding tert-OH is 3. The molecule has 0 saturated carbocycles. The van der Waals surface area contributed by atoms with Gasteiger partial charge in [0.15, 0.2) is 0 Å². The van der Waals surface area contributed by atoms with Gasteiger partial charge in [0.05, 0.1) is 44.1 Å². The van der Waals surface area contributed by atoms with E-state index in [1.165, 1.54) is 0 Å². The molecule has 0 aromatic heterocycles. The Morgan fingerprint density at radius 3 is 2.38 bits per heavy atom. The molecule has 0 bridgehead atoms. The third kappa shape index (κ3) is 2.62. The maximum absolute atomic E-state index is 9.39. The lowest BCUT2D eigenvalue weighted by Crippen LogP contribution is -2.56. The maximum atomic E-state index is 9.39. The molecule has 0 spiro atoms. The lowest BCUT2D eigenvalue weighted by Gasteiger charge is -2.30. The number of ether oxygens (including phenoxy) is 1. The van der Waals surface area contributed by atoms with Crippen LogP contribution in [0.2, 0.25) is 0 Å². The van der Waals surface area contributed by atoms with Gasteiger partial charge in [0, 0.05) is 0 Å². The Hall–Kier alpha value is -0.200. The Bertz CT molecular complexity index is 160. The first-order valence-electron chi connectivity index (χ1n) is 4.36. The van der Waals surface area contributed by atoms with Crippen molar-refractivity contribution in [2.45, 2.75) is 24.6 Å². The van der Waals surface area contributed by atoms with Crippen LogP contribution in [0, 0.1) is 0 Å². The van der Waals surface area contributed by atoms with E-state index < -0.39 is 11.6 Å². The zero-order valence-electron chi connectivity index (χ0n) is 7.73. The van der Waals surface area contributed by atoms with Crippen molar-refractivity contribution in [3.05, 3.63) is 0 Å². The number of aliphatic hydroxyl groups is 3. The van der Waals surface area contributed by atoms with E-state index >= 15 is 0 Å². The predicted molar refractivity (Wildman–Crippen MR) is 46.3 cm³/mol. The van der Waals surface area contributed by atoms with E-state index in [0.717, 1.165) is 0 Å². The molecule has 0 aromatic rings. The van der Waals surface area contributed by atoms with E-state index in [2.05, 4.69) is 5.32 Å². The Kier molecular flexibility index (Phi) is 3.63. The summed E-state index contributed by atoms with van der Waals surface area (Å²) in [7, 11) is 0. The molecule has 1 saturated heterocycles. The first-order chi connectivity index (χ1) is 6.11. The van der Waals surface area contributed by atoms with E-state index in [4.69, 9.17) is 14.9 Å². The zero-order chi connectivity index (χ0) is 9.90. The average Bonchev–Trinajstić information content (AvgIpc) is 2.52. The van der Waals surface area contributed by atoms with Crippen molar-refractivity contribution in [1.29, 1.82) is 0 Å². The standard InChI is InChI=1S/C8H17NO4/c1-8(4-10,5-11)9-6-2-13-3-7(6)12/h6-7,9-12H,2-5H2,1H3. The Morgan fingerprint density at radius 1 is 1.38 bits per heavy atom. The summed E-state index contributed by atoms with van der Waals surface area (Å²) in [6.45, 7) is 2.07. The quantitative estimate of drug-likeness (QED) is 0.416. The Balaban J connectivity index is 2.45. The monoisotopic (exact) mass is 191 g/mol. The normalized spacial score (nSPS) is 29.5. The molecule has 1 rings (SSSR count). The van der Waals surface area contributed by atoms with Crippen LogP contribution in [0.25, 0.3) is 0 Å². The van der Waals surface area contributed by atoms with Gasteiger partial charge in [-0.3, -0.25) is 5.32 Å². The van der Waals surface area contributed by atoms with Crippen molar-refractivity contribution in [3.63, 3.8) is 0 Å². The molecule has 5 heteroatoms. The summed E-state index contributed by atoms with van der Waals surface area (Å²) in [5.74, 6) is 0. The van der Waals surface area contributed by atoms with Gasteiger partial charge in [-0.25, -0.2) is 0 Å². The third-order valence-corrected chi connectivity index (χ3v) is 2.28. The van der Waals surface area contributed by atoms with Crippen LogP contribution in [0.4, 0.5) is 0 Å². The van der Waals surface area contributed by atoms with Gasteiger partial charge in [-0.15, -0.1) is 0 Å². The smallest absolute Gasteiger partial charge is 0.0948 e. The Morgan fingerprint density at radius 2 is 2.00 bits per heavy atom. The van der Waals surface area contributed by atoms with Gasteiger partial charge in [0.1, 0.15) is 0 Å². The summed E-state index contributed by atoms with van der Waals surface area (Å²) in [5, 5.41) is 30.3. The molecule has 5 nitrogen and oxygen atoms in total. The lowest BCUT2D eigenvalue weighted by molar-refractivity contribution is 0.0720. The van der Waals surface area contributed by atoms with Gasteiger partial charge < -0.3 is 20.1 Å². The van der Waals surface area contributed by atoms with Crippen LogP contribution in [0.1, 0.15) is 6.92 Å². The topological polar surface area (TPSA) is 82.0 Å². The van der Waals surface area contributed by atoms with Gasteiger partial charge >= 0.3 is 0 Å². The van der Waals surface area contributed by atoms with Crippen LogP contribution in [-0.2, 0) is 4.74 Å². The molecule has 1 aliphatic heterocycles. The molecule has 0 aliphatic carbocycles. The summed E-state index contributed by atoms with van der Waals surface area (Å²) in [6.07, 6.45) is -0.558. The van der Waals surface area contributed by atoms with Crippen LogP contribution in [0.15, 0.2) is 0 Å². The number of hydrogen-bond donors (Lipinski definition) is 4. The van der Waals surface area contributed by atoms with E-state index in [1.54, 1.807) is 6.92 Å². The highest BCUT2D eigenvalue weighted by Crippen LogP contribution is 2.10. The molecule has 4 N–H and O–H groups in total. The minimum absolute atomic E-state index is 0.174. The molecule has 0 amide bonds. The molecule has 0 aromatic carbocycles. The lowest BCUT2D eigenvalue weighted by atomic mass is 10.0. The second kappa shape index (κ2) is 4.34. The summed E-state index contributed by atoms with van der Waals surface area (Å²) in [4.78, 5) is 0. The van der Waals surface area contributed by atoms with E-state index in [9.17, 15) is 5.11 Å². The summed E-state index contributed by atoms with van der Waals surface area (Å²) >= 11 is 0. The Labute approximate surface area is 77.3 Å². The summed E-state index contributed by atoms with van der Waals surface area (Å²) < 4.78 is 5.03. The maximum Gasteiger partial charge on any atom is 0.0948 e. The van der Waals surface area contributed by atoms with Crippen molar-refractivity contribution in [3.8, 4) is 0 Å². The number of hydrogen-bond acceptors (Lipinski definition) is 5.